The largest absolute Gasteiger partial charge is 0.490 e. The number of nitrogens with zero attached hydrogens (tertiary/aromatic N) is 3. The summed E-state index contributed by atoms with van der Waals surface area (Å²) in [4.78, 5) is 23.6. The second-order valence-corrected chi connectivity index (χ2v) is 8.23. The van der Waals surface area contributed by atoms with E-state index in [9.17, 15) is 4.79 Å². The lowest BCUT2D eigenvalue weighted by atomic mass is 10.1. The third-order valence-electron chi connectivity index (χ3n) is 5.49. The fourth-order valence-corrected chi connectivity index (χ4v) is 3.77. The van der Waals surface area contributed by atoms with E-state index in [1.807, 2.05) is 55.5 Å². The molecule has 0 fully saturated rings. The number of aromatic nitrogens is 2. The number of aryl methyl sites for hydroxylation is 1. The van der Waals surface area contributed by atoms with Gasteiger partial charge in [-0.2, -0.15) is 0 Å². The Labute approximate surface area is 194 Å². The van der Waals surface area contributed by atoms with Crippen molar-refractivity contribution in [2.24, 2.45) is 0 Å². The molecule has 172 valence electrons. The summed E-state index contributed by atoms with van der Waals surface area (Å²) in [6, 6.07) is 15.3. The number of hydrogen-bond donors (Lipinski definition) is 1. The van der Waals surface area contributed by atoms with E-state index in [0.29, 0.717) is 36.2 Å². The van der Waals surface area contributed by atoms with Crippen molar-refractivity contribution in [3.05, 3.63) is 72.2 Å². The summed E-state index contributed by atoms with van der Waals surface area (Å²) in [7, 11) is 0. The van der Waals surface area contributed by atoms with Crippen LogP contribution in [0.5, 0.6) is 17.4 Å². The molecule has 4 rings (SSSR count). The molecule has 0 radical (unpaired) electrons. The summed E-state index contributed by atoms with van der Waals surface area (Å²) in [5, 5.41) is 2.95. The second-order valence-electron chi connectivity index (χ2n) is 8.23. The van der Waals surface area contributed by atoms with Gasteiger partial charge in [-0.1, -0.05) is 31.0 Å². The van der Waals surface area contributed by atoms with Gasteiger partial charge in [0.15, 0.2) is 11.5 Å². The lowest BCUT2D eigenvalue weighted by Gasteiger charge is -2.23. The summed E-state index contributed by atoms with van der Waals surface area (Å²) in [5.74, 6) is 1.82. The summed E-state index contributed by atoms with van der Waals surface area (Å²) in [6.45, 7) is 4.22. The number of amides is 1. The van der Waals surface area contributed by atoms with Crippen LogP contribution in [0, 0.1) is 6.92 Å². The molecule has 7 heteroatoms. The van der Waals surface area contributed by atoms with Crippen molar-refractivity contribution in [2.75, 3.05) is 25.0 Å². The van der Waals surface area contributed by atoms with Gasteiger partial charge >= 0.3 is 0 Å². The maximum Gasteiger partial charge on any atom is 0.238 e. The zero-order chi connectivity index (χ0) is 22.9. The van der Waals surface area contributed by atoms with Gasteiger partial charge < -0.3 is 14.8 Å². The number of para-hydroxylation sites is 2. The summed E-state index contributed by atoms with van der Waals surface area (Å²) >= 11 is 0. The van der Waals surface area contributed by atoms with Gasteiger partial charge in [-0.3, -0.25) is 14.7 Å². The minimum Gasteiger partial charge on any atom is -0.490 e. The number of pyridine rings is 2. The Morgan fingerprint density at radius 2 is 1.85 bits per heavy atom. The second kappa shape index (κ2) is 11.4. The first-order valence-corrected chi connectivity index (χ1v) is 11.5. The van der Waals surface area contributed by atoms with Crippen LogP contribution in [0.1, 0.15) is 36.9 Å². The number of fused-ring (bicyclic) bond motifs is 2. The molecule has 1 amide bonds. The Hall–Kier alpha value is -3.45. The number of benzene rings is 1. The monoisotopic (exact) mass is 446 g/mol. The summed E-state index contributed by atoms with van der Waals surface area (Å²) in [5.41, 5.74) is 2.54. The highest BCUT2D eigenvalue weighted by atomic mass is 16.5. The molecule has 0 bridgehead atoms. The Kier molecular flexibility index (Phi) is 7.87. The highest BCUT2D eigenvalue weighted by Gasteiger charge is 2.17. The average Bonchev–Trinajstić information content (AvgIpc) is 2.81. The Balaban J connectivity index is 1.52. The molecule has 0 spiro atoms. The van der Waals surface area contributed by atoms with E-state index in [2.05, 4.69) is 20.2 Å². The maximum absolute atomic E-state index is 12.8. The van der Waals surface area contributed by atoms with Gasteiger partial charge in [-0.15, -0.1) is 0 Å². The van der Waals surface area contributed by atoms with Crippen LogP contribution in [0.25, 0.3) is 0 Å². The SMILES string of the molecule is Cc1ccc(NC(=O)CN2CCCCCCOc3ccccc3Oc3ncccc3C2)cn1. The first-order chi connectivity index (χ1) is 16.2. The molecular formula is C26H30N4O3. The van der Waals surface area contributed by atoms with E-state index in [1.54, 1.807) is 12.4 Å². The smallest absolute Gasteiger partial charge is 0.238 e. The zero-order valence-corrected chi connectivity index (χ0v) is 19.0. The first-order valence-electron chi connectivity index (χ1n) is 11.5. The molecule has 1 aliphatic heterocycles. The van der Waals surface area contributed by atoms with Gasteiger partial charge in [0.05, 0.1) is 25.0 Å². The molecule has 0 saturated carbocycles. The summed E-state index contributed by atoms with van der Waals surface area (Å²) in [6.07, 6.45) is 7.55. The van der Waals surface area contributed by atoms with Crippen LogP contribution in [0.3, 0.4) is 0 Å². The van der Waals surface area contributed by atoms with Gasteiger partial charge in [0, 0.05) is 24.0 Å². The molecule has 3 heterocycles. The van der Waals surface area contributed by atoms with E-state index in [0.717, 1.165) is 43.5 Å². The van der Waals surface area contributed by atoms with Gasteiger partial charge in [0.1, 0.15) is 0 Å². The van der Waals surface area contributed by atoms with E-state index < -0.39 is 0 Å². The number of carbonyl (C=O) groups is 1. The zero-order valence-electron chi connectivity index (χ0n) is 19.0. The number of rotatable bonds is 3. The van der Waals surface area contributed by atoms with Crippen LogP contribution in [0.2, 0.25) is 0 Å². The standard InChI is InChI=1S/C26H30N4O3/c1-20-12-13-22(17-28-20)29-25(31)19-30-15-6-2-3-7-16-32-23-10-4-5-11-24(23)33-26-21(18-30)9-8-14-27-26/h4-5,8-14,17H,2-3,6-7,15-16,18-19H2,1H3,(H,29,31). The third-order valence-corrected chi connectivity index (χ3v) is 5.49. The Morgan fingerprint density at radius 1 is 1.00 bits per heavy atom. The fraction of sp³-hybridized carbons (Fsp3) is 0.346. The van der Waals surface area contributed by atoms with E-state index in [4.69, 9.17) is 9.47 Å². The topological polar surface area (TPSA) is 76.6 Å². The van der Waals surface area contributed by atoms with Crippen molar-refractivity contribution < 1.29 is 14.3 Å². The highest BCUT2D eigenvalue weighted by molar-refractivity contribution is 5.92. The number of ether oxygens (including phenoxy) is 2. The molecule has 1 N–H and O–H groups in total. The van der Waals surface area contributed by atoms with Crippen molar-refractivity contribution in [1.29, 1.82) is 0 Å². The molecule has 0 saturated heterocycles. The van der Waals surface area contributed by atoms with Crippen LogP contribution in [0.4, 0.5) is 5.69 Å². The van der Waals surface area contributed by atoms with Crippen LogP contribution in [-0.2, 0) is 11.3 Å². The average molecular weight is 447 g/mol. The predicted molar refractivity (Wildman–Crippen MR) is 128 cm³/mol. The lowest BCUT2D eigenvalue weighted by molar-refractivity contribution is -0.117. The first kappa shape index (κ1) is 22.7. The quantitative estimate of drug-likeness (QED) is 0.612. The van der Waals surface area contributed by atoms with Crippen molar-refractivity contribution >= 4 is 11.6 Å². The van der Waals surface area contributed by atoms with Gasteiger partial charge in [0.25, 0.3) is 0 Å². The molecule has 1 aromatic carbocycles. The van der Waals surface area contributed by atoms with Crippen molar-refractivity contribution in [3.63, 3.8) is 0 Å². The number of anilines is 1. The van der Waals surface area contributed by atoms with Gasteiger partial charge in [-0.05, 0) is 56.6 Å². The molecule has 1 aliphatic rings. The van der Waals surface area contributed by atoms with Crippen molar-refractivity contribution in [2.45, 2.75) is 39.2 Å². The molecule has 0 unspecified atom stereocenters. The fourth-order valence-electron chi connectivity index (χ4n) is 3.77. The van der Waals surface area contributed by atoms with Gasteiger partial charge in [0.2, 0.25) is 11.8 Å². The highest BCUT2D eigenvalue weighted by Crippen LogP contribution is 2.32. The van der Waals surface area contributed by atoms with Crippen LogP contribution >= 0.6 is 0 Å². The third kappa shape index (κ3) is 6.76. The molecule has 7 nitrogen and oxygen atoms in total. The molecule has 3 aromatic rings. The summed E-state index contributed by atoms with van der Waals surface area (Å²) < 4.78 is 12.1. The van der Waals surface area contributed by atoms with E-state index in [-0.39, 0.29) is 12.5 Å². The van der Waals surface area contributed by atoms with Crippen LogP contribution < -0.4 is 14.8 Å². The molecule has 0 atom stereocenters. The Bertz CT molecular complexity index is 1060. The minimum absolute atomic E-state index is 0.0631. The maximum atomic E-state index is 12.8. The molecule has 0 aliphatic carbocycles. The predicted octanol–water partition coefficient (Wildman–Crippen LogP) is 4.97. The molecule has 2 aromatic heterocycles. The van der Waals surface area contributed by atoms with E-state index >= 15 is 0 Å². The molecule has 33 heavy (non-hydrogen) atoms. The number of hydrogen-bond acceptors (Lipinski definition) is 6. The van der Waals surface area contributed by atoms with E-state index in [1.165, 1.54) is 0 Å². The van der Waals surface area contributed by atoms with Crippen molar-refractivity contribution in [1.82, 2.24) is 14.9 Å². The van der Waals surface area contributed by atoms with Crippen LogP contribution in [0.15, 0.2) is 60.9 Å². The van der Waals surface area contributed by atoms with Gasteiger partial charge in [-0.25, -0.2) is 4.98 Å². The minimum atomic E-state index is -0.0631. The normalized spacial score (nSPS) is 15.2. The van der Waals surface area contributed by atoms with Crippen LogP contribution in [-0.4, -0.2) is 40.5 Å². The Morgan fingerprint density at radius 3 is 2.70 bits per heavy atom. The number of nitrogens with one attached hydrogen (secondary N) is 1. The lowest BCUT2D eigenvalue weighted by Crippen LogP contribution is -2.34. The number of carbonyl (C=O) groups excluding carboxylic acids is 1. The van der Waals surface area contributed by atoms with Crippen molar-refractivity contribution in [3.8, 4) is 17.4 Å². The molecular weight excluding hydrogens is 416 g/mol.